The van der Waals surface area contributed by atoms with Crippen molar-refractivity contribution in [1.82, 2.24) is 25.2 Å². The number of aromatic nitrogens is 3. The smallest absolute Gasteiger partial charge is 0.328 e. The summed E-state index contributed by atoms with van der Waals surface area (Å²) in [6, 6.07) is 44.4. The van der Waals surface area contributed by atoms with Gasteiger partial charge in [0.1, 0.15) is 83.8 Å². The fourth-order valence-corrected chi connectivity index (χ4v) is 15.8. The summed E-state index contributed by atoms with van der Waals surface area (Å²) in [5.41, 5.74) is 6.84. The van der Waals surface area contributed by atoms with Crippen molar-refractivity contribution in [3.63, 3.8) is 0 Å². The molecule has 0 aliphatic carbocycles. The topological polar surface area (TPSA) is 484 Å². The number of ether oxygens (including phenoxy) is 6. The molecule has 0 unspecified atom stereocenters. The van der Waals surface area contributed by atoms with Gasteiger partial charge in [-0.3, -0.25) is 28.8 Å². The second-order valence-corrected chi connectivity index (χ2v) is 37.8. The lowest BCUT2D eigenvalue weighted by Crippen LogP contribution is -2.53. The molecule has 9 aromatic rings. The minimum absolute atomic E-state index is 0.0280. The van der Waals surface area contributed by atoms with Crippen molar-refractivity contribution >= 4 is 107 Å². The van der Waals surface area contributed by atoms with Crippen LogP contribution in [0.4, 0.5) is 0 Å². The van der Waals surface area contributed by atoms with Crippen molar-refractivity contribution in [3.8, 4) is 0 Å². The Labute approximate surface area is 808 Å². The van der Waals surface area contributed by atoms with Crippen LogP contribution in [0.3, 0.4) is 0 Å². The molecule has 34 nitrogen and oxygen atoms in total. The van der Waals surface area contributed by atoms with Crippen molar-refractivity contribution in [3.05, 3.63) is 192 Å². The van der Waals surface area contributed by atoms with Crippen molar-refractivity contribution in [2.24, 2.45) is 55.8 Å². The number of fused-ring (bicyclic) bond motifs is 4. The number of benzene rings is 6. The molecule has 0 aliphatic rings. The van der Waals surface area contributed by atoms with Gasteiger partial charge in [0.2, 0.25) is 5.91 Å². The molecule has 6 aromatic carbocycles. The molecule has 0 fully saturated rings. The third-order valence-corrected chi connectivity index (χ3v) is 22.7. The Bertz CT molecular complexity index is 5460. The van der Waals surface area contributed by atoms with Crippen LogP contribution in [-0.4, -0.2) is 274 Å². The van der Waals surface area contributed by atoms with Gasteiger partial charge in [0.05, 0.1) is 44.6 Å². The number of aryl methyl sites for hydroxylation is 2. The monoisotopic (exact) mass is 1920 g/mol. The molecule has 0 spiro atoms. The largest absolute Gasteiger partial charge is 0.469 e. The molecule has 2 amide bonds. The maximum atomic E-state index is 13.6. The van der Waals surface area contributed by atoms with Gasteiger partial charge < -0.3 is 114 Å². The molecular formula is C104H145N9O25. The summed E-state index contributed by atoms with van der Waals surface area (Å²) in [6.45, 7) is 25.3. The molecule has 15 atom stereocenters. The minimum atomic E-state index is -1.38. The highest BCUT2D eigenvalue weighted by Gasteiger charge is 2.40. The van der Waals surface area contributed by atoms with Crippen molar-refractivity contribution in [2.75, 3.05) is 69.1 Å². The molecule has 0 bridgehead atoms. The first-order chi connectivity index (χ1) is 65.2. The number of aliphatic hydroxyl groups excluding tert-OH is 8. The first-order valence-corrected chi connectivity index (χ1v) is 46.0. The molecule has 756 valence electrons. The number of rotatable bonds is 48. The maximum Gasteiger partial charge on any atom is 0.328 e. The normalized spacial score (nSPS) is 15.6. The van der Waals surface area contributed by atoms with Crippen LogP contribution in [0.15, 0.2) is 185 Å². The summed E-state index contributed by atoms with van der Waals surface area (Å²) in [5.74, 6) is -3.74. The van der Waals surface area contributed by atoms with E-state index in [4.69, 9.17) is 47.8 Å². The summed E-state index contributed by atoms with van der Waals surface area (Å²) in [4.78, 5) is 116. The molecule has 3 aromatic heterocycles. The zero-order chi connectivity index (χ0) is 102. The quantitative estimate of drug-likeness (QED) is 0.00957. The molecule has 9 rings (SSSR count). The Morgan fingerprint density at radius 2 is 0.855 bits per heavy atom. The zero-order valence-electron chi connectivity index (χ0n) is 83.6. The zero-order valence-corrected chi connectivity index (χ0v) is 83.6. The van der Waals surface area contributed by atoms with E-state index in [2.05, 4.69) is 47.3 Å². The molecule has 0 aliphatic heterocycles. The van der Waals surface area contributed by atoms with Crippen molar-refractivity contribution < 1.29 is 122 Å². The van der Waals surface area contributed by atoms with E-state index in [0.717, 1.165) is 66.8 Å². The van der Waals surface area contributed by atoms with Crippen LogP contribution in [0.2, 0.25) is 0 Å². The average molecular weight is 1920 g/mol. The van der Waals surface area contributed by atoms with E-state index in [-0.39, 0.29) is 95.8 Å². The van der Waals surface area contributed by atoms with E-state index >= 15 is 0 Å². The number of methoxy groups -OCH3 is 6. The number of carbonyl (C=O) groups excluding carboxylic acids is 7. The number of Topliss-reactive ketones (excluding diaryl/α,β-unsaturated/α-hetero) is 3. The number of esters is 2. The Kier molecular flexibility index (Phi) is 46.7. The second kappa shape index (κ2) is 55.9. The lowest BCUT2D eigenvalue weighted by molar-refractivity contribution is -0.147. The van der Waals surface area contributed by atoms with Gasteiger partial charge in [-0.25, -0.2) is 4.79 Å². The number of nitrogens with zero attached hydrogens (tertiary/aromatic N) is 5. The van der Waals surface area contributed by atoms with E-state index in [9.17, 15) is 74.4 Å². The summed E-state index contributed by atoms with van der Waals surface area (Å²) in [7, 11) is 10.4. The van der Waals surface area contributed by atoms with Crippen LogP contribution in [-0.2, 0) is 120 Å². The van der Waals surface area contributed by atoms with Crippen LogP contribution < -0.4 is 10.6 Å². The number of amides is 2. The van der Waals surface area contributed by atoms with E-state index in [1.807, 2.05) is 240 Å². The minimum Gasteiger partial charge on any atom is -0.469 e. The van der Waals surface area contributed by atoms with Crippen LogP contribution in [0.5, 0.6) is 0 Å². The Morgan fingerprint density at radius 1 is 0.420 bits per heavy atom. The number of hydrogen-bond acceptors (Lipinski definition) is 29. The summed E-state index contributed by atoms with van der Waals surface area (Å²) in [6.07, 6.45) is -3.73. The van der Waals surface area contributed by atoms with Gasteiger partial charge in [0.25, 0.3) is 5.91 Å². The fourth-order valence-electron chi connectivity index (χ4n) is 15.8. The predicted octanol–water partition coefficient (Wildman–Crippen LogP) is 10.9. The highest BCUT2D eigenvalue weighted by Crippen LogP contribution is 2.31. The SMILES string of the molecule is COC(=O)[C@@H](CC(=O)CO/N=C(\[C@@H](O)[C@@H](C)O)[C@@H](OC)C(C)(C)C)Cc1cn(C)c2ccccc12.COC(=O)[C@H](Cc1ccccc1)NC(=O)[C@H](Cc1c[nH]c2ccccc12)NC(=O)CO/N=C(/[C@@H](OC)C(C)C)[C@@H](O)[C@@H](C)O.CO[C@H](/C(=N/OCC(=O)CCCc1c[nH]c2ccccc12)[C@@H](O)[C@@H](C)O)C(C)(C)C.CO[C@H](/C(=N/OCC(=O)Cc1ccc2ccccc2c1)[C@@H](O)[C@@H](C)O)C(C)(C)C. The lowest BCUT2D eigenvalue weighted by atomic mass is 9.83. The van der Waals surface area contributed by atoms with Crippen LogP contribution in [0.25, 0.3) is 43.5 Å². The van der Waals surface area contributed by atoms with Gasteiger partial charge in [-0.05, 0) is 126 Å². The Balaban J connectivity index is 0.000000286. The number of aromatic amines is 2. The number of hydrogen-bond donors (Lipinski definition) is 12. The second-order valence-electron chi connectivity index (χ2n) is 37.8. The van der Waals surface area contributed by atoms with Crippen LogP contribution in [0, 0.1) is 28.1 Å². The highest BCUT2D eigenvalue weighted by molar-refractivity contribution is 5.97. The van der Waals surface area contributed by atoms with Gasteiger partial charge in [-0.1, -0.05) is 224 Å². The number of para-hydroxylation sites is 3. The van der Waals surface area contributed by atoms with E-state index in [0.29, 0.717) is 19.3 Å². The average Bonchev–Trinajstić information content (AvgIpc) is 1.65. The molecule has 0 saturated heterocycles. The maximum absolute atomic E-state index is 13.6. The molecule has 0 radical (unpaired) electrons. The van der Waals surface area contributed by atoms with Crippen molar-refractivity contribution in [2.45, 2.75) is 241 Å². The Morgan fingerprint density at radius 3 is 1.34 bits per heavy atom. The molecular weight excluding hydrogens is 1780 g/mol. The van der Waals surface area contributed by atoms with E-state index < -0.39 is 134 Å². The van der Waals surface area contributed by atoms with Gasteiger partial charge in [0, 0.05) is 119 Å². The summed E-state index contributed by atoms with van der Waals surface area (Å²) >= 11 is 0. The summed E-state index contributed by atoms with van der Waals surface area (Å²) < 4.78 is 33.7. The van der Waals surface area contributed by atoms with Gasteiger partial charge >= 0.3 is 11.9 Å². The number of carbonyl (C=O) groups is 7. The third-order valence-electron chi connectivity index (χ3n) is 22.7. The molecule has 3 heterocycles. The highest BCUT2D eigenvalue weighted by atomic mass is 16.6. The van der Waals surface area contributed by atoms with Gasteiger partial charge in [-0.15, -0.1) is 0 Å². The predicted molar refractivity (Wildman–Crippen MR) is 529 cm³/mol. The number of oxime groups is 4. The van der Waals surface area contributed by atoms with Gasteiger partial charge in [0.15, 0.2) is 43.8 Å². The fraction of sp³-hybridized carbons (Fsp3) is 0.510. The van der Waals surface area contributed by atoms with Crippen molar-refractivity contribution in [1.29, 1.82) is 0 Å². The first kappa shape index (κ1) is 115. The molecule has 12 N–H and O–H groups in total. The lowest BCUT2D eigenvalue weighted by Gasteiger charge is -2.32. The van der Waals surface area contributed by atoms with E-state index in [1.54, 1.807) is 6.20 Å². The number of H-pyrrole nitrogens is 2. The third kappa shape index (κ3) is 35.4. The Hall–Kier alpha value is -11.5. The van der Waals surface area contributed by atoms with Crippen LogP contribution in [0.1, 0.15) is 151 Å². The molecule has 138 heavy (non-hydrogen) atoms. The summed E-state index contributed by atoms with van der Waals surface area (Å²) in [5, 5.41) is 107. The van der Waals surface area contributed by atoms with Gasteiger partial charge in [-0.2, -0.15) is 0 Å². The molecule has 0 saturated carbocycles. The number of ketones is 3. The first-order valence-electron chi connectivity index (χ1n) is 46.0. The standard InChI is InChI=1S/C32H42N4O8.C26H38N2O7.C23H34N2O5.C23H31NO5/c1-19(2)30(42-4)28(29(39)20(3)37)36-44-18-27(38)34-25(16-22-17-33-24-14-10-9-13-23(22)24)31(40)35-26(32(41)43-5)15-21-11-7-6-8-12-21;1-16(29)23(31)22(24(33-6)26(2,3)4)27-35-15-19(30)13-17(25(32)34-7)12-18-14-28(5)21-11-9-8-10-20(18)21;1-15(26)21(28)20(22(29-5)23(2,3)4)25-30-14-17(27)10-8-9-16-13-24-19-12-7-6-11-18(16)19;1-15(25)21(27)20(22(28-5)23(2,3)4)24-29-14-19(26)13-16-10-11-17-8-6-7-9-18(17)12-16/h6-14,17,19-20,25-26,29-30,33,37,39H,15-16,18H2,1-5H3,(H,34,38)(H,35,40);8-11,14,16-17,23-24,29,31H,12-13,15H2,1-7H3;6-7,11-13,15,21-22,24,26,28H,8-10,14H2,1-5H3;6-12,15,21-22,25,27H,13-14H2,1-5H3/b36-28+;27-22+;25-20+;24-20+/t20-,25+,26+,29+,30+;16-,17-,23+,24-;2*15-,21+,22-/m1111/s1. The number of aliphatic hydroxyl groups is 8. The van der Waals surface area contributed by atoms with E-state index in [1.165, 1.54) is 81.3 Å². The van der Waals surface area contributed by atoms with Crippen LogP contribution >= 0.6 is 0 Å². The number of nitrogens with one attached hydrogen (secondary N) is 4. The molecule has 34 heteroatoms.